The first-order chi connectivity index (χ1) is 9.61. The van der Waals surface area contributed by atoms with E-state index in [1.807, 2.05) is 47.9 Å². The molecule has 4 nitrogen and oxygen atoms in total. The molecule has 2 aromatic heterocycles. The lowest BCUT2D eigenvalue weighted by atomic mass is 10.1. The number of anilines is 1. The maximum Gasteiger partial charge on any atom is 0.142 e. The molecule has 0 spiro atoms. The number of nitrogens with two attached hydrogens (primary N) is 1. The average molecular weight is 332 g/mol. The molecule has 2 heterocycles. The Morgan fingerprint density at radius 3 is 2.80 bits per heavy atom. The summed E-state index contributed by atoms with van der Waals surface area (Å²) < 4.78 is 8.26. The summed E-state index contributed by atoms with van der Waals surface area (Å²) in [7, 11) is 1.64. The summed E-state index contributed by atoms with van der Waals surface area (Å²) in [5.41, 5.74) is 9.80. The Morgan fingerprint density at radius 1 is 1.30 bits per heavy atom. The van der Waals surface area contributed by atoms with E-state index in [2.05, 4.69) is 20.9 Å². The van der Waals surface area contributed by atoms with E-state index in [-0.39, 0.29) is 0 Å². The first-order valence-corrected chi connectivity index (χ1v) is 6.98. The topological polar surface area (TPSA) is 52.5 Å². The standard InChI is InChI=1S/C15H14BrN3O/c1-9-4-3-7-19-14(17)13(18-15(9)19)11-8-10(16)5-6-12(11)20-2/h3-8H,17H2,1-2H3. The highest BCUT2D eigenvalue weighted by molar-refractivity contribution is 9.10. The van der Waals surface area contributed by atoms with Crippen molar-refractivity contribution in [1.29, 1.82) is 0 Å². The number of benzene rings is 1. The number of aryl methyl sites for hydroxylation is 1. The summed E-state index contributed by atoms with van der Waals surface area (Å²) in [6.07, 6.45) is 1.92. The van der Waals surface area contributed by atoms with Crippen LogP contribution in [0.3, 0.4) is 0 Å². The molecule has 5 heteroatoms. The van der Waals surface area contributed by atoms with Gasteiger partial charge in [-0.15, -0.1) is 0 Å². The molecule has 0 aliphatic heterocycles. The molecule has 0 bridgehead atoms. The summed E-state index contributed by atoms with van der Waals surface area (Å²) in [6, 6.07) is 9.77. The molecule has 3 rings (SSSR count). The van der Waals surface area contributed by atoms with E-state index in [4.69, 9.17) is 10.5 Å². The van der Waals surface area contributed by atoms with Gasteiger partial charge in [-0.25, -0.2) is 4.98 Å². The molecule has 102 valence electrons. The molecule has 0 atom stereocenters. The van der Waals surface area contributed by atoms with Crippen LogP contribution in [0.2, 0.25) is 0 Å². The zero-order chi connectivity index (χ0) is 14.3. The summed E-state index contributed by atoms with van der Waals surface area (Å²) >= 11 is 3.47. The smallest absolute Gasteiger partial charge is 0.142 e. The van der Waals surface area contributed by atoms with Gasteiger partial charge in [0.05, 0.1) is 7.11 Å². The first kappa shape index (κ1) is 13.0. The van der Waals surface area contributed by atoms with Crippen molar-refractivity contribution in [2.75, 3.05) is 12.8 Å². The minimum atomic E-state index is 0.611. The van der Waals surface area contributed by atoms with Crippen LogP contribution >= 0.6 is 15.9 Å². The number of imidazole rings is 1. The second kappa shape index (κ2) is 4.83. The van der Waals surface area contributed by atoms with E-state index >= 15 is 0 Å². The summed E-state index contributed by atoms with van der Waals surface area (Å²) in [5.74, 6) is 1.36. The van der Waals surface area contributed by atoms with Crippen LogP contribution in [-0.4, -0.2) is 16.5 Å². The molecule has 0 aliphatic rings. The van der Waals surface area contributed by atoms with E-state index in [1.165, 1.54) is 0 Å². The van der Waals surface area contributed by atoms with Crippen molar-refractivity contribution in [3.63, 3.8) is 0 Å². The van der Waals surface area contributed by atoms with Crippen molar-refractivity contribution in [3.05, 3.63) is 46.6 Å². The van der Waals surface area contributed by atoms with E-state index in [9.17, 15) is 0 Å². The Bertz CT molecular complexity index is 795. The highest BCUT2D eigenvalue weighted by Gasteiger charge is 2.16. The summed E-state index contributed by atoms with van der Waals surface area (Å²) in [4.78, 5) is 4.67. The lowest BCUT2D eigenvalue weighted by Crippen LogP contribution is -1.95. The largest absolute Gasteiger partial charge is 0.496 e. The lowest BCUT2D eigenvalue weighted by molar-refractivity contribution is 0.416. The highest BCUT2D eigenvalue weighted by atomic mass is 79.9. The van der Waals surface area contributed by atoms with Crippen LogP contribution in [0.25, 0.3) is 16.9 Å². The Hall–Kier alpha value is -2.01. The van der Waals surface area contributed by atoms with Crippen LogP contribution in [0.1, 0.15) is 5.56 Å². The van der Waals surface area contributed by atoms with Crippen LogP contribution in [-0.2, 0) is 0 Å². The van der Waals surface area contributed by atoms with Crippen molar-refractivity contribution in [2.45, 2.75) is 6.92 Å². The Balaban J connectivity index is 2.33. The SMILES string of the molecule is COc1ccc(Br)cc1-c1nc2c(C)cccn2c1N. The van der Waals surface area contributed by atoms with Gasteiger partial charge in [0.25, 0.3) is 0 Å². The van der Waals surface area contributed by atoms with Gasteiger partial charge in [-0.2, -0.15) is 0 Å². The molecule has 0 saturated heterocycles. The van der Waals surface area contributed by atoms with Gasteiger partial charge in [0.1, 0.15) is 22.9 Å². The number of ether oxygens (including phenoxy) is 1. The number of nitrogen functional groups attached to an aromatic ring is 1. The molecular formula is C15H14BrN3O. The minimum Gasteiger partial charge on any atom is -0.496 e. The van der Waals surface area contributed by atoms with Gasteiger partial charge in [0, 0.05) is 16.2 Å². The lowest BCUT2D eigenvalue weighted by Gasteiger charge is -2.07. The third-order valence-corrected chi connectivity index (χ3v) is 3.79. The van der Waals surface area contributed by atoms with Gasteiger partial charge in [0.15, 0.2) is 0 Å². The van der Waals surface area contributed by atoms with Crippen LogP contribution in [0.5, 0.6) is 5.75 Å². The van der Waals surface area contributed by atoms with Gasteiger partial charge in [-0.3, -0.25) is 4.40 Å². The number of methoxy groups -OCH3 is 1. The summed E-state index contributed by atoms with van der Waals surface area (Å²) in [5, 5.41) is 0. The van der Waals surface area contributed by atoms with Crippen molar-refractivity contribution in [1.82, 2.24) is 9.38 Å². The monoisotopic (exact) mass is 331 g/mol. The quantitative estimate of drug-likeness (QED) is 0.779. The predicted molar refractivity (Wildman–Crippen MR) is 84.0 cm³/mol. The maximum absolute atomic E-state index is 6.24. The molecule has 20 heavy (non-hydrogen) atoms. The molecule has 0 radical (unpaired) electrons. The molecule has 0 unspecified atom stereocenters. The minimum absolute atomic E-state index is 0.611. The fourth-order valence-corrected chi connectivity index (χ4v) is 2.65. The second-order valence-corrected chi connectivity index (χ2v) is 5.49. The van der Waals surface area contributed by atoms with Crippen molar-refractivity contribution >= 4 is 27.4 Å². The number of halogens is 1. The molecular weight excluding hydrogens is 318 g/mol. The zero-order valence-electron chi connectivity index (χ0n) is 11.2. The van der Waals surface area contributed by atoms with E-state index < -0.39 is 0 Å². The van der Waals surface area contributed by atoms with Crippen LogP contribution < -0.4 is 10.5 Å². The van der Waals surface area contributed by atoms with Crippen LogP contribution in [0.4, 0.5) is 5.82 Å². The molecule has 0 fully saturated rings. The van der Waals surface area contributed by atoms with Gasteiger partial charge in [-0.1, -0.05) is 22.0 Å². The highest BCUT2D eigenvalue weighted by Crippen LogP contribution is 2.36. The first-order valence-electron chi connectivity index (χ1n) is 6.19. The molecule has 3 aromatic rings. The number of hydrogen-bond donors (Lipinski definition) is 1. The third-order valence-electron chi connectivity index (χ3n) is 3.30. The normalized spacial score (nSPS) is 10.9. The van der Waals surface area contributed by atoms with Crippen molar-refractivity contribution < 1.29 is 4.74 Å². The van der Waals surface area contributed by atoms with E-state index in [0.717, 1.165) is 32.7 Å². The van der Waals surface area contributed by atoms with Gasteiger partial charge in [-0.05, 0) is 36.8 Å². The van der Waals surface area contributed by atoms with Gasteiger partial charge < -0.3 is 10.5 Å². The van der Waals surface area contributed by atoms with Crippen LogP contribution in [0, 0.1) is 6.92 Å². The molecule has 0 aliphatic carbocycles. The summed E-state index contributed by atoms with van der Waals surface area (Å²) in [6.45, 7) is 2.02. The Morgan fingerprint density at radius 2 is 2.10 bits per heavy atom. The Kier molecular flexibility index (Phi) is 3.14. The van der Waals surface area contributed by atoms with Crippen LogP contribution in [0.15, 0.2) is 41.0 Å². The molecule has 0 amide bonds. The number of aromatic nitrogens is 2. The number of nitrogens with zero attached hydrogens (tertiary/aromatic N) is 2. The molecule has 0 saturated carbocycles. The maximum atomic E-state index is 6.24. The van der Waals surface area contributed by atoms with E-state index in [1.54, 1.807) is 7.11 Å². The molecule has 2 N–H and O–H groups in total. The van der Waals surface area contributed by atoms with E-state index in [0.29, 0.717) is 5.82 Å². The molecule has 1 aromatic carbocycles. The predicted octanol–water partition coefficient (Wildman–Crippen LogP) is 3.66. The average Bonchev–Trinajstić information content (AvgIpc) is 2.78. The van der Waals surface area contributed by atoms with Crippen molar-refractivity contribution in [2.24, 2.45) is 0 Å². The fourth-order valence-electron chi connectivity index (χ4n) is 2.29. The number of hydrogen-bond acceptors (Lipinski definition) is 3. The number of rotatable bonds is 2. The number of pyridine rings is 1. The number of fused-ring (bicyclic) bond motifs is 1. The van der Waals surface area contributed by atoms with Gasteiger partial charge >= 0.3 is 0 Å². The second-order valence-electron chi connectivity index (χ2n) is 4.58. The van der Waals surface area contributed by atoms with Gasteiger partial charge in [0.2, 0.25) is 0 Å². The third kappa shape index (κ3) is 1.94. The Labute approximate surface area is 125 Å². The zero-order valence-corrected chi connectivity index (χ0v) is 12.8. The van der Waals surface area contributed by atoms with Crippen molar-refractivity contribution in [3.8, 4) is 17.0 Å². The fraction of sp³-hybridized carbons (Fsp3) is 0.133.